The van der Waals surface area contributed by atoms with Gasteiger partial charge in [0.25, 0.3) is 0 Å². The van der Waals surface area contributed by atoms with Gasteiger partial charge in [0.05, 0.1) is 10.9 Å². The van der Waals surface area contributed by atoms with E-state index < -0.39 is 0 Å². The molecule has 1 amide bonds. The van der Waals surface area contributed by atoms with Crippen molar-refractivity contribution < 1.29 is 4.79 Å². The van der Waals surface area contributed by atoms with Gasteiger partial charge in [0.1, 0.15) is 5.65 Å². The van der Waals surface area contributed by atoms with Gasteiger partial charge in [-0.1, -0.05) is 6.92 Å². The van der Waals surface area contributed by atoms with Crippen molar-refractivity contribution >= 4 is 28.4 Å². The first-order valence-electron chi connectivity index (χ1n) is 10.9. The largest absolute Gasteiger partial charge is 0.351 e. The number of carbonyl (C=O) groups excluding carboxylic acids is 1. The van der Waals surface area contributed by atoms with Gasteiger partial charge in [-0.25, -0.2) is 9.50 Å². The van der Waals surface area contributed by atoms with E-state index in [1.807, 2.05) is 40.1 Å². The summed E-state index contributed by atoms with van der Waals surface area (Å²) in [5.74, 6) is 0.913. The summed E-state index contributed by atoms with van der Waals surface area (Å²) in [4.78, 5) is 27.3. The van der Waals surface area contributed by atoms with Gasteiger partial charge >= 0.3 is 0 Å². The Balaban J connectivity index is 1.18. The van der Waals surface area contributed by atoms with Crippen molar-refractivity contribution in [3.63, 3.8) is 0 Å². The molecule has 0 aromatic carbocycles. The number of pyridine rings is 1. The Bertz CT molecular complexity index is 1280. The maximum atomic E-state index is 12.8. The molecule has 0 radical (unpaired) electrons. The quantitative estimate of drug-likeness (QED) is 0.533. The molecule has 4 aromatic heterocycles. The van der Waals surface area contributed by atoms with Crippen LogP contribution in [-0.4, -0.2) is 54.5 Å². The number of amides is 1. The summed E-state index contributed by atoms with van der Waals surface area (Å²) in [6.45, 7) is 3.91. The third-order valence-corrected chi connectivity index (χ3v) is 6.78. The summed E-state index contributed by atoms with van der Waals surface area (Å²) >= 11 is 0. The van der Waals surface area contributed by atoms with Crippen molar-refractivity contribution in [1.82, 2.24) is 29.5 Å². The summed E-state index contributed by atoms with van der Waals surface area (Å²) in [7, 11) is 0. The van der Waals surface area contributed by atoms with E-state index in [0.29, 0.717) is 11.9 Å². The van der Waals surface area contributed by atoms with Crippen molar-refractivity contribution in [2.45, 2.75) is 38.6 Å². The van der Waals surface area contributed by atoms with Crippen LogP contribution >= 0.6 is 0 Å². The molecular weight excluding hydrogens is 390 g/mol. The summed E-state index contributed by atoms with van der Waals surface area (Å²) in [5.41, 5.74) is 3.76. The molecule has 0 bridgehead atoms. The Morgan fingerprint density at radius 1 is 1.26 bits per heavy atom. The molecule has 5 heterocycles. The van der Waals surface area contributed by atoms with Gasteiger partial charge in [-0.3, -0.25) is 4.79 Å². The van der Waals surface area contributed by atoms with Crippen molar-refractivity contribution in [1.29, 1.82) is 0 Å². The van der Waals surface area contributed by atoms with Crippen LogP contribution in [0.2, 0.25) is 0 Å². The van der Waals surface area contributed by atoms with E-state index in [0.717, 1.165) is 66.4 Å². The maximum absolute atomic E-state index is 12.8. The van der Waals surface area contributed by atoms with Crippen LogP contribution in [0.4, 0.5) is 5.95 Å². The zero-order valence-electron chi connectivity index (χ0n) is 17.5. The zero-order valence-corrected chi connectivity index (χ0v) is 17.5. The molecule has 2 fully saturated rings. The van der Waals surface area contributed by atoms with E-state index in [1.165, 1.54) is 0 Å². The van der Waals surface area contributed by atoms with Gasteiger partial charge in [0.15, 0.2) is 0 Å². The average molecular weight is 416 g/mol. The Kier molecular flexibility index (Phi) is 4.03. The molecule has 0 spiro atoms. The van der Waals surface area contributed by atoms with Gasteiger partial charge in [-0.05, 0) is 49.4 Å². The number of aromatic nitrogens is 5. The molecule has 1 saturated heterocycles. The van der Waals surface area contributed by atoms with Crippen LogP contribution in [0, 0.1) is 5.41 Å². The lowest BCUT2D eigenvalue weighted by atomic mass is 9.66. The van der Waals surface area contributed by atoms with Crippen LogP contribution in [-0.2, 0) is 4.79 Å². The molecule has 4 aromatic rings. The molecule has 1 aliphatic heterocycles. The third-order valence-electron chi connectivity index (χ3n) is 6.78. The minimum Gasteiger partial charge on any atom is -0.351 e. The number of carbonyl (C=O) groups is 1. The first-order chi connectivity index (χ1) is 15.1. The first-order valence-corrected chi connectivity index (χ1v) is 10.9. The highest BCUT2D eigenvalue weighted by Crippen LogP contribution is 2.44. The van der Waals surface area contributed by atoms with Crippen LogP contribution in [0.3, 0.4) is 0 Å². The molecule has 8 nitrogen and oxygen atoms in total. The number of hydrogen-bond donors (Lipinski definition) is 2. The Morgan fingerprint density at radius 3 is 2.94 bits per heavy atom. The standard InChI is InChI=1S/C23H25N7O/c1-23(21(31)29-7-2-3-8-29)11-16(12-23)27-22-25-14-19-18(13-24-20(19)28-22)15-5-9-30-17(10-15)4-6-26-30/h4-6,9-10,13-14,16H,2-3,7-8,11-12H2,1H3,(H2,24,25,27,28)/t16-,23-. The van der Waals surface area contributed by atoms with E-state index in [-0.39, 0.29) is 11.5 Å². The molecule has 2 aliphatic rings. The Hall–Kier alpha value is -3.42. The molecule has 1 saturated carbocycles. The predicted octanol–water partition coefficient (Wildman–Crippen LogP) is 3.48. The van der Waals surface area contributed by atoms with Gasteiger partial charge in [-0.15, -0.1) is 0 Å². The molecule has 158 valence electrons. The van der Waals surface area contributed by atoms with Crippen molar-refractivity contribution in [3.05, 3.63) is 43.0 Å². The maximum Gasteiger partial charge on any atom is 0.228 e. The van der Waals surface area contributed by atoms with Gasteiger partial charge in [0, 0.05) is 54.9 Å². The number of anilines is 1. The molecule has 0 unspecified atom stereocenters. The van der Waals surface area contributed by atoms with Crippen molar-refractivity contribution in [2.24, 2.45) is 5.41 Å². The van der Waals surface area contributed by atoms with Crippen LogP contribution < -0.4 is 5.32 Å². The summed E-state index contributed by atoms with van der Waals surface area (Å²) in [5, 5.41) is 8.65. The second-order valence-electron chi connectivity index (χ2n) is 9.08. The van der Waals surface area contributed by atoms with E-state index in [9.17, 15) is 4.79 Å². The molecule has 0 atom stereocenters. The number of aromatic amines is 1. The van der Waals surface area contributed by atoms with E-state index in [4.69, 9.17) is 0 Å². The predicted molar refractivity (Wildman–Crippen MR) is 119 cm³/mol. The lowest BCUT2D eigenvalue weighted by Gasteiger charge is -2.45. The van der Waals surface area contributed by atoms with Gasteiger partial charge in [0.2, 0.25) is 11.9 Å². The number of rotatable bonds is 4. The summed E-state index contributed by atoms with van der Waals surface area (Å²) in [6.07, 6.45) is 11.5. The zero-order chi connectivity index (χ0) is 21.0. The smallest absolute Gasteiger partial charge is 0.228 e. The fourth-order valence-electron chi connectivity index (χ4n) is 5.09. The highest BCUT2D eigenvalue weighted by molar-refractivity contribution is 5.94. The molecule has 8 heteroatoms. The number of likely N-dealkylation sites (tertiary alicyclic amines) is 1. The first kappa shape index (κ1) is 18.4. The minimum absolute atomic E-state index is 0.229. The molecular formula is C23H25N7O. The van der Waals surface area contributed by atoms with Crippen LogP contribution in [0.1, 0.15) is 32.6 Å². The van der Waals surface area contributed by atoms with Crippen molar-refractivity contribution in [3.8, 4) is 11.1 Å². The average Bonchev–Trinajstić information content (AvgIpc) is 3.51. The number of nitrogens with one attached hydrogen (secondary N) is 2. The monoisotopic (exact) mass is 415 g/mol. The number of hydrogen-bond acceptors (Lipinski definition) is 5. The fraction of sp³-hybridized carbons (Fsp3) is 0.391. The molecule has 2 N–H and O–H groups in total. The number of nitrogens with zero attached hydrogens (tertiary/aromatic N) is 5. The highest BCUT2D eigenvalue weighted by atomic mass is 16.2. The fourth-order valence-corrected chi connectivity index (χ4v) is 5.09. The van der Waals surface area contributed by atoms with Crippen molar-refractivity contribution in [2.75, 3.05) is 18.4 Å². The van der Waals surface area contributed by atoms with E-state index in [1.54, 1.807) is 6.20 Å². The lowest BCUT2D eigenvalue weighted by Crippen LogP contribution is -2.53. The SMILES string of the molecule is C[C@]1(C(=O)N2CCCC2)C[C@H](Nc2ncc3c(-c4ccn5nccc5c4)c[nH]c3n2)C1. The lowest BCUT2D eigenvalue weighted by molar-refractivity contribution is -0.145. The van der Waals surface area contributed by atoms with Crippen LogP contribution in [0.5, 0.6) is 0 Å². The normalized spacial score (nSPS) is 23.4. The minimum atomic E-state index is -0.252. The topological polar surface area (TPSA) is 91.2 Å². The van der Waals surface area contributed by atoms with Crippen LogP contribution in [0.25, 0.3) is 27.7 Å². The second kappa shape index (κ2) is 6.80. The van der Waals surface area contributed by atoms with E-state index in [2.05, 4.69) is 38.4 Å². The number of fused-ring (bicyclic) bond motifs is 2. The van der Waals surface area contributed by atoms with Gasteiger partial charge in [-0.2, -0.15) is 10.1 Å². The summed E-state index contributed by atoms with van der Waals surface area (Å²) < 4.78 is 1.84. The van der Waals surface area contributed by atoms with E-state index >= 15 is 0 Å². The molecule has 1 aliphatic carbocycles. The summed E-state index contributed by atoms with van der Waals surface area (Å²) in [6, 6.07) is 6.36. The highest BCUT2D eigenvalue weighted by Gasteiger charge is 2.48. The molecule has 6 rings (SSSR count). The Morgan fingerprint density at radius 2 is 2.10 bits per heavy atom. The van der Waals surface area contributed by atoms with Gasteiger partial charge < -0.3 is 15.2 Å². The third kappa shape index (κ3) is 3.05. The number of H-pyrrole nitrogens is 1. The Labute approximate surface area is 179 Å². The molecule has 31 heavy (non-hydrogen) atoms. The second-order valence-corrected chi connectivity index (χ2v) is 9.08. The van der Waals surface area contributed by atoms with Crippen LogP contribution in [0.15, 0.2) is 43.0 Å².